The summed E-state index contributed by atoms with van der Waals surface area (Å²) >= 11 is 0. The maximum absolute atomic E-state index is 12.1. The zero-order valence-corrected chi connectivity index (χ0v) is 13.2. The van der Waals surface area contributed by atoms with E-state index in [9.17, 15) is 14.4 Å². The van der Waals surface area contributed by atoms with Crippen molar-refractivity contribution in [1.82, 2.24) is 14.9 Å². The van der Waals surface area contributed by atoms with E-state index in [1.165, 1.54) is 36.1 Å². The van der Waals surface area contributed by atoms with Crippen LogP contribution in [0.25, 0.3) is 0 Å². The van der Waals surface area contributed by atoms with Gasteiger partial charge in [-0.25, -0.2) is 4.79 Å². The third kappa shape index (κ3) is 3.90. The number of H-pyrrole nitrogens is 1. The Kier molecular flexibility index (Phi) is 4.66. The van der Waals surface area contributed by atoms with E-state index in [-0.39, 0.29) is 30.5 Å². The van der Waals surface area contributed by atoms with Gasteiger partial charge in [-0.2, -0.15) is 0 Å². The molecule has 0 aromatic carbocycles. The summed E-state index contributed by atoms with van der Waals surface area (Å²) < 4.78 is 7.31. The zero-order chi connectivity index (χ0) is 16.3. The van der Waals surface area contributed by atoms with Gasteiger partial charge in [0.05, 0.1) is 18.2 Å². The summed E-state index contributed by atoms with van der Waals surface area (Å²) in [5.74, 6) is -0.0930. The monoisotopic (exact) mass is 321 g/mol. The van der Waals surface area contributed by atoms with Crippen molar-refractivity contribution in [1.29, 1.82) is 0 Å². The fourth-order valence-electron chi connectivity index (χ4n) is 3.62. The van der Waals surface area contributed by atoms with Crippen LogP contribution in [0.15, 0.2) is 21.9 Å². The number of aromatic nitrogens is 2. The normalized spacial score (nSPS) is 23.0. The first-order chi connectivity index (χ1) is 11.1. The molecule has 2 N–H and O–H groups in total. The fraction of sp³-hybridized carbons (Fsp3) is 0.688. The van der Waals surface area contributed by atoms with E-state index in [0.29, 0.717) is 6.61 Å². The first-order valence-electron chi connectivity index (χ1n) is 8.29. The molecule has 1 aliphatic carbocycles. The standard InChI is InChI=1S/C16H23N3O4/c20-13(4-8-19-9-5-14(21)18-15(19)22)17-12-10-16(23-11-12)6-2-1-3-7-16/h5,9,12H,1-4,6-8,10-11H2,(H,17,20)(H,18,21,22)/t12-/m0/s1. The van der Waals surface area contributed by atoms with Gasteiger partial charge >= 0.3 is 5.69 Å². The molecule has 7 nitrogen and oxygen atoms in total. The van der Waals surface area contributed by atoms with Crippen LogP contribution in [0, 0.1) is 0 Å². The van der Waals surface area contributed by atoms with Gasteiger partial charge in [0.2, 0.25) is 5.91 Å². The van der Waals surface area contributed by atoms with Crippen LogP contribution in [0.2, 0.25) is 0 Å². The molecule has 2 heterocycles. The summed E-state index contributed by atoms with van der Waals surface area (Å²) in [6.07, 6.45) is 8.36. The number of rotatable bonds is 4. The number of carbonyl (C=O) groups excluding carboxylic acids is 1. The van der Waals surface area contributed by atoms with Crippen molar-refractivity contribution in [2.45, 2.75) is 63.1 Å². The van der Waals surface area contributed by atoms with Crippen LogP contribution >= 0.6 is 0 Å². The smallest absolute Gasteiger partial charge is 0.328 e. The third-order valence-corrected chi connectivity index (χ3v) is 4.82. The largest absolute Gasteiger partial charge is 0.373 e. The third-order valence-electron chi connectivity index (χ3n) is 4.82. The number of carbonyl (C=O) groups is 1. The van der Waals surface area contributed by atoms with Gasteiger partial charge in [0, 0.05) is 25.2 Å². The van der Waals surface area contributed by atoms with Crippen molar-refractivity contribution >= 4 is 5.91 Å². The van der Waals surface area contributed by atoms with Gasteiger partial charge in [-0.05, 0) is 19.3 Å². The van der Waals surface area contributed by atoms with Crippen molar-refractivity contribution in [3.8, 4) is 0 Å². The lowest BCUT2D eigenvalue weighted by Crippen LogP contribution is -2.38. The molecular formula is C16H23N3O4. The van der Waals surface area contributed by atoms with E-state index in [4.69, 9.17) is 4.74 Å². The fourth-order valence-corrected chi connectivity index (χ4v) is 3.62. The maximum Gasteiger partial charge on any atom is 0.328 e. The Morgan fingerprint density at radius 2 is 2.13 bits per heavy atom. The Balaban J connectivity index is 1.48. The molecule has 2 fully saturated rings. The van der Waals surface area contributed by atoms with Crippen LogP contribution in [-0.2, 0) is 16.1 Å². The molecule has 0 bridgehead atoms. The average Bonchev–Trinajstić information content (AvgIpc) is 2.89. The summed E-state index contributed by atoms with van der Waals surface area (Å²) in [5.41, 5.74) is -0.946. The number of aryl methyl sites for hydroxylation is 1. The number of nitrogens with one attached hydrogen (secondary N) is 2. The number of aromatic amines is 1. The number of ether oxygens (including phenoxy) is 1. The minimum absolute atomic E-state index is 0.0218. The van der Waals surface area contributed by atoms with Gasteiger partial charge in [0.15, 0.2) is 0 Å². The first kappa shape index (κ1) is 16.0. The Bertz CT molecular complexity index is 672. The number of hydrogen-bond acceptors (Lipinski definition) is 4. The highest BCUT2D eigenvalue weighted by atomic mass is 16.5. The SMILES string of the molecule is O=C(CCn1ccc(=O)[nH]c1=O)N[C@@H]1COC2(CCCCC2)C1. The Hall–Kier alpha value is -1.89. The van der Waals surface area contributed by atoms with Gasteiger partial charge in [-0.3, -0.25) is 14.6 Å². The van der Waals surface area contributed by atoms with Crippen molar-refractivity contribution in [3.63, 3.8) is 0 Å². The molecule has 1 spiro atoms. The molecule has 1 atom stereocenters. The van der Waals surface area contributed by atoms with E-state index in [0.717, 1.165) is 19.3 Å². The molecule has 126 valence electrons. The summed E-state index contributed by atoms with van der Waals surface area (Å²) in [4.78, 5) is 36.8. The maximum atomic E-state index is 12.1. The van der Waals surface area contributed by atoms with E-state index >= 15 is 0 Å². The van der Waals surface area contributed by atoms with Crippen LogP contribution in [0.1, 0.15) is 44.9 Å². The highest BCUT2D eigenvalue weighted by molar-refractivity contribution is 5.76. The molecule has 1 amide bonds. The molecule has 3 rings (SSSR count). The van der Waals surface area contributed by atoms with E-state index < -0.39 is 11.2 Å². The van der Waals surface area contributed by atoms with Gasteiger partial charge in [-0.1, -0.05) is 19.3 Å². The lowest BCUT2D eigenvalue weighted by Gasteiger charge is -2.32. The van der Waals surface area contributed by atoms with Crippen LogP contribution in [0.3, 0.4) is 0 Å². The Morgan fingerprint density at radius 1 is 1.35 bits per heavy atom. The highest BCUT2D eigenvalue weighted by Crippen LogP contribution is 2.39. The lowest BCUT2D eigenvalue weighted by atomic mass is 9.82. The van der Waals surface area contributed by atoms with E-state index in [2.05, 4.69) is 10.3 Å². The number of hydrogen-bond donors (Lipinski definition) is 2. The van der Waals surface area contributed by atoms with Gasteiger partial charge in [0.25, 0.3) is 5.56 Å². The zero-order valence-electron chi connectivity index (χ0n) is 13.2. The van der Waals surface area contributed by atoms with Crippen molar-refractivity contribution in [2.75, 3.05) is 6.61 Å². The van der Waals surface area contributed by atoms with Crippen LogP contribution in [-0.4, -0.2) is 33.7 Å². The molecular weight excluding hydrogens is 298 g/mol. The first-order valence-corrected chi connectivity index (χ1v) is 8.29. The quantitative estimate of drug-likeness (QED) is 0.846. The van der Waals surface area contributed by atoms with E-state index in [1.54, 1.807) is 0 Å². The molecule has 1 saturated heterocycles. The lowest BCUT2D eigenvalue weighted by molar-refractivity contribution is -0.122. The molecule has 1 aromatic heterocycles. The molecule has 2 aliphatic rings. The minimum atomic E-state index is -0.490. The van der Waals surface area contributed by atoms with Crippen molar-refractivity contribution < 1.29 is 9.53 Å². The second-order valence-electron chi connectivity index (χ2n) is 6.58. The summed E-state index contributed by atoms with van der Waals surface area (Å²) in [7, 11) is 0. The van der Waals surface area contributed by atoms with Gasteiger partial charge in [0.1, 0.15) is 0 Å². The molecule has 1 aliphatic heterocycles. The number of nitrogens with zero attached hydrogens (tertiary/aromatic N) is 1. The van der Waals surface area contributed by atoms with Crippen LogP contribution < -0.4 is 16.6 Å². The second-order valence-corrected chi connectivity index (χ2v) is 6.58. The average molecular weight is 321 g/mol. The molecule has 0 unspecified atom stereocenters. The van der Waals surface area contributed by atoms with Crippen LogP contribution in [0.5, 0.6) is 0 Å². The summed E-state index contributed by atoms with van der Waals surface area (Å²) in [6, 6.07) is 1.34. The number of amides is 1. The molecule has 23 heavy (non-hydrogen) atoms. The van der Waals surface area contributed by atoms with E-state index in [1.807, 2.05) is 0 Å². The van der Waals surface area contributed by atoms with Crippen LogP contribution in [0.4, 0.5) is 0 Å². The summed E-state index contributed by atoms with van der Waals surface area (Å²) in [5, 5.41) is 3.00. The summed E-state index contributed by atoms with van der Waals surface area (Å²) in [6.45, 7) is 0.824. The minimum Gasteiger partial charge on any atom is -0.373 e. The van der Waals surface area contributed by atoms with Crippen molar-refractivity contribution in [2.24, 2.45) is 0 Å². The Labute approximate surface area is 134 Å². The Morgan fingerprint density at radius 3 is 2.87 bits per heavy atom. The predicted molar refractivity (Wildman–Crippen MR) is 84.3 cm³/mol. The topological polar surface area (TPSA) is 93.2 Å². The molecule has 1 aromatic rings. The van der Waals surface area contributed by atoms with Gasteiger partial charge in [-0.15, -0.1) is 0 Å². The predicted octanol–water partition coefficient (Wildman–Crippen LogP) is 0.535. The molecule has 1 saturated carbocycles. The second kappa shape index (κ2) is 6.70. The van der Waals surface area contributed by atoms with Gasteiger partial charge < -0.3 is 14.6 Å². The molecule has 7 heteroatoms. The molecule has 0 radical (unpaired) electrons. The highest BCUT2D eigenvalue weighted by Gasteiger charge is 2.41. The van der Waals surface area contributed by atoms with Crippen molar-refractivity contribution in [3.05, 3.63) is 33.1 Å².